The predicted octanol–water partition coefficient (Wildman–Crippen LogP) is 4.89. The number of halogens is 1. The molecule has 1 atom stereocenters. The fourth-order valence-electron chi connectivity index (χ4n) is 3.60. The maximum Gasteiger partial charge on any atom is 0.146 e. The number of aromatic nitrogens is 1. The van der Waals surface area contributed by atoms with Gasteiger partial charge in [-0.15, -0.1) is 0 Å². The normalized spacial score (nSPS) is 16.5. The quantitative estimate of drug-likeness (QED) is 0.700. The van der Waals surface area contributed by atoms with Crippen LogP contribution in [0.2, 0.25) is 0 Å². The minimum absolute atomic E-state index is 0.0620. The third-order valence-corrected chi connectivity index (χ3v) is 5.29. The van der Waals surface area contributed by atoms with Crippen molar-refractivity contribution in [1.82, 2.24) is 9.88 Å². The lowest BCUT2D eigenvalue weighted by Crippen LogP contribution is -2.26. The van der Waals surface area contributed by atoms with E-state index in [1.165, 1.54) is 18.4 Å². The lowest BCUT2D eigenvalue weighted by molar-refractivity contribution is 0.275. The van der Waals surface area contributed by atoms with Crippen LogP contribution in [-0.4, -0.2) is 28.1 Å². The van der Waals surface area contributed by atoms with Gasteiger partial charge in [-0.1, -0.05) is 46.3 Å². The highest BCUT2D eigenvalue weighted by atomic mass is 79.9. The van der Waals surface area contributed by atoms with Crippen LogP contribution in [0.5, 0.6) is 5.75 Å². The van der Waals surface area contributed by atoms with Gasteiger partial charge in [0.15, 0.2) is 0 Å². The van der Waals surface area contributed by atoms with Gasteiger partial charge in [0.25, 0.3) is 0 Å². The fourth-order valence-corrected chi connectivity index (χ4v) is 3.86. The van der Waals surface area contributed by atoms with Crippen LogP contribution in [0.15, 0.2) is 59.2 Å². The van der Waals surface area contributed by atoms with E-state index in [-0.39, 0.29) is 6.04 Å². The summed E-state index contributed by atoms with van der Waals surface area (Å²) < 4.78 is 1.07. The fraction of sp³-hybridized carbons (Fsp3) is 0.250. The number of phenols is 1. The van der Waals surface area contributed by atoms with Gasteiger partial charge in [-0.05, 0) is 49.7 Å². The van der Waals surface area contributed by atoms with Crippen molar-refractivity contribution in [3.05, 3.63) is 70.3 Å². The van der Waals surface area contributed by atoms with Crippen molar-refractivity contribution < 1.29 is 5.11 Å². The molecule has 1 N–H and O–H groups in total. The number of hydrogen-bond donors (Lipinski definition) is 1. The SMILES string of the molecule is Oc1c([C@@H](c2ccc(Br)cc2)N2CCCC2)ccc2cccnc12. The highest BCUT2D eigenvalue weighted by Gasteiger charge is 2.28. The monoisotopic (exact) mass is 382 g/mol. The van der Waals surface area contributed by atoms with Crippen LogP contribution in [0.4, 0.5) is 0 Å². The average molecular weight is 383 g/mol. The molecule has 2 aromatic carbocycles. The molecule has 1 aliphatic heterocycles. The molecular weight excluding hydrogens is 364 g/mol. The van der Waals surface area contributed by atoms with Crippen molar-refractivity contribution in [3.63, 3.8) is 0 Å². The van der Waals surface area contributed by atoms with Gasteiger partial charge in [0.2, 0.25) is 0 Å². The Kier molecular flexibility index (Phi) is 4.25. The van der Waals surface area contributed by atoms with Crippen LogP contribution in [0.25, 0.3) is 10.9 Å². The van der Waals surface area contributed by atoms with E-state index in [2.05, 4.69) is 56.1 Å². The first-order chi connectivity index (χ1) is 11.7. The Balaban J connectivity index is 1.86. The van der Waals surface area contributed by atoms with Crippen LogP contribution < -0.4 is 0 Å². The lowest BCUT2D eigenvalue weighted by Gasteiger charge is -2.29. The number of likely N-dealkylation sites (tertiary alicyclic amines) is 1. The third-order valence-electron chi connectivity index (χ3n) is 4.77. The van der Waals surface area contributed by atoms with E-state index in [0.29, 0.717) is 11.3 Å². The van der Waals surface area contributed by atoms with Crippen LogP contribution in [0, 0.1) is 0 Å². The van der Waals surface area contributed by atoms with E-state index >= 15 is 0 Å². The van der Waals surface area contributed by atoms with E-state index < -0.39 is 0 Å². The predicted molar refractivity (Wildman–Crippen MR) is 100 cm³/mol. The van der Waals surface area contributed by atoms with Gasteiger partial charge in [0.05, 0.1) is 6.04 Å². The summed E-state index contributed by atoms with van der Waals surface area (Å²) >= 11 is 3.51. The Labute approximate surface area is 150 Å². The summed E-state index contributed by atoms with van der Waals surface area (Å²) in [5, 5.41) is 11.9. The Morgan fingerprint density at radius 1 is 1.00 bits per heavy atom. The maximum absolute atomic E-state index is 10.9. The van der Waals surface area contributed by atoms with E-state index in [9.17, 15) is 5.11 Å². The standard InChI is InChI=1S/C20H19BrN2O/c21-16-8-5-15(6-9-16)19(23-12-1-2-13-23)17-10-7-14-4-3-11-22-18(14)20(17)24/h3-11,19,24H,1-2,12-13H2/t19-/m1/s1. The van der Waals surface area contributed by atoms with Crippen LogP contribution in [0.1, 0.15) is 30.0 Å². The summed E-state index contributed by atoms with van der Waals surface area (Å²) in [5.41, 5.74) is 2.81. The summed E-state index contributed by atoms with van der Waals surface area (Å²) in [4.78, 5) is 6.83. The van der Waals surface area contributed by atoms with E-state index in [1.807, 2.05) is 18.2 Å². The summed E-state index contributed by atoms with van der Waals surface area (Å²) in [7, 11) is 0. The van der Waals surface area contributed by atoms with Crippen molar-refractivity contribution in [2.75, 3.05) is 13.1 Å². The molecule has 24 heavy (non-hydrogen) atoms. The molecule has 2 heterocycles. The second-order valence-corrected chi connectivity index (χ2v) is 7.19. The van der Waals surface area contributed by atoms with Crippen molar-refractivity contribution in [3.8, 4) is 5.75 Å². The second-order valence-electron chi connectivity index (χ2n) is 6.28. The first kappa shape index (κ1) is 15.6. The molecule has 4 rings (SSSR count). The maximum atomic E-state index is 10.9. The molecule has 1 aliphatic rings. The molecule has 122 valence electrons. The zero-order valence-electron chi connectivity index (χ0n) is 13.3. The van der Waals surface area contributed by atoms with Gasteiger partial charge < -0.3 is 5.11 Å². The van der Waals surface area contributed by atoms with Crippen molar-refractivity contribution in [2.24, 2.45) is 0 Å². The summed E-state index contributed by atoms with van der Waals surface area (Å²) in [6, 6.07) is 16.4. The number of fused-ring (bicyclic) bond motifs is 1. The molecule has 0 spiro atoms. The number of hydrogen-bond acceptors (Lipinski definition) is 3. The number of rotatable bonds is 3. The van der Waals surface area contributed by atoms with Gasteiger partial charge in [-0.2, -0.15) is 0 Å². The van der Waals surface area contributed by atoms with Crippen LogP contribution >= 0.6 is 15.9 Å². The number of nitrogens with zero attached hydrogens (tertiary/aromatic N) is 2. The van der Waals surface area contributed by atoms with Crippen LogP contribution in [-0.2, 0) is 0 Å². The second kappa shape index (κ2) is 6.54. The number of benzene rings is 2. The Morgan fingerprint density at radius 2 is 1.75 bits per heavy atom. The summed E-state index contributed by atoms with van der Waals surface area (Å²) in [6.07, 6.45) is 4.15. The first-order valence-corrected chi connectivity index (χ1v) is 9.09. The van der Waals surface area contributed by atoms with Gasteiger partial charge in [0, 0.05) is 21.6 Å². The molecule has 0 radical (unpaired) electrons. The lowest BCUT2D eigenvalue weighted by atomic mass is 9.95. The van der Waals surface area contributed by atoms with Crippen LogP contribution in [0.3, 0.4) is 0 Å². The molecule has 0 bridgehead atoms. The zero-order valence-corrected chi connectivity index (χ0v) is 14.9. The molecule has 1 fully saturated rings. The zero-order chi connectivity index (χ0) is 16.5. The molecule has 0 amide bonds. The van der Waals surface area contributed by atoms with E-state index in [1.54, 1.807) is 6.20 Å². The van der Waals surface area contributed by atoms with Crippen molar-refractivity contribution in [1.29, 1.82) is 0 Å². The molecular formula is C20H19BrN2O. The number of phenolic OH excluding ortho intramolecular Hbond substituents is 1. The van der Waals surface area contributed by atoms with Crippen molar-refractivity contribution in [2.45, 2.75) is 18.9 Å². The topological polar surface area (TPSA) is 36.4 Å². The molecule has 1 saturated heterocycles. The number of aromatic hydroxyl groups is 1. The molecule has 4 heteroatoms. The Morgan fingerprint density at radius 3 is 2.50 bits per heavy atom. The Bertz CT molecular complexity index is 857. The highest BCUT2D eigenvalue weighted by Crippen LogP contribution is 2.39. The third kappa shape index (κ3) is 2.80. The molecule has 0 aliphatic carbocycles. The summed E-state index contributed by atoms with van der Waals surface area (Å²) in [5.74, 6) is 0.299. The van der Waals surface area contributed by atoms with E-state index in [0.717, 1.165) is 28.5 Å². The molecule has 1 aromatic heterocycles. The van der Waals surface area contributed by atoms with Gasteiger partial charge in [-0.25, -0.2) is 0 Å². The average Bonchev–Trinajstić information content (AvgIpc) is 3.13. The van der Waals surface area contributed by atoms with Gasteiger partial charge >= 0.3 is 0 Å². The minimum atomic E-state index is 0.0620. The number of pyridine rings is 1. The van der Waals surface area contributed by atoms with Gasteiger partial charge in [-0.3, -0.25) is 9.88 Å². The molecule has 3 aromatic rings. The minimum Gasteiger partial charge on any atom is -0.505 e. The van der Waals surface area contributed by atoms with E-state index in [4.69, 9.17) is 0 Å². The molecule has 0 unspecified atom stereocenters. The molecule has 0 saturated carbocycles. The highest BCUT2D eigenvalue weighted by molar-refractivity contribution is 9.10. The summed E-state index contributed by atoms with van der Waals surface area (Å²) in [6.45, 7) is 2.11. The van der Waals surface area contributed by atoms with Crippen molar-refractivity contribution >= 4 is 26.8 Å². The van der Waals surface area contributed by atoms with Gasteiger partial charge in [0.1, 0.15) is 11.3 Å². The smallest absolute Gasteiger partial charge is 0.146 e. The Hall–Kier alpha value is -1.91. The largest absolute Gasteiger partial charge is 0.505 e. The first-order valence-electron chi connectivity index (χ1n) is 8.30. The molecule has 3 nitrogen and oxygen atoms in total.